The summed E-state index contributed by atoms with van der Waals surface area (Å²) < 4.78 is 18.2. The minimum Gasteiger partial charge on any atom is -0.477 e. The third kappa shape index (κ3) is 4.18. The molecule has 0 saturated heterocycles. The van der Waals surface area contributed by atoms with E-state index in [2.05, 4.69) is 5.32 Å². The molecule has 122 valence electrons. The summed E-state index contributed by atoms with van der Waals surface area (Å²) in [6.45, 7) is -0.568. The second-order valence-electron chi connectivity index (χ2n) is 4.51. The lowest BCUT2D eigenvalue weighted by Crippen LogP contribution is -2.20. The molecule has 0 atom stereocenters. The standard InChI is InChI=1S/C15H9ClFN3O4/c16-12-6-11(3-1-9(12)7-18)19-15(21)8-24-14-5-10(17)2-4-13(14)20(22)23/h1-6H,8H2,(H,19,21). The molecule has 0 heterocycles. The number of carbonyl (C=O) groups is 1. The molecule has 7 nitrogen and oxygen atoms in total. The zero-order valence-electron chi connectivity index (χ0n) is 12.0. The number of rotatable bonds is 5. The number of nitrogens with zero attached hydrogens (tertiary/aromatic N) is 2. The maximum absolute atomic E-state index is 13.2. The number of nitriles is 1. The van der Waals surface area contributed by atoms with E-state index in [1.807, 2.05) is 6.07 Å². The van der Waals surface area contributed by atoms with Crippen molar-refractivity contribution in [3.8, 4) is 11.8 Å². The highest BCUT2D eigenvalue weighted by atomic mass is 35.5. The third-order valence-corrected chi connectivity index (χ3v) is 3.16. The molecule has 2 aromatic rings. The van der Waals surface area contributed by atoms with Gasteiger partial charge in [0.05, 0.1) is 15.5 Å². The minimum atomic E-state index is -0.743. The van der Waals surface area contributed by atoms with Crippen LogP contribution in [0.1, 0.15) is 5.56 Å². The lowest BCUT2D eigenvalue weighted by atomic mass is 10.2. The molecule has 2 aromatic carbocycles. The van der Waals surface area contributed by atoms with Crippen LogP contribution in [0, 0.1) is 27.3 Å². The number of anilines is 1. The zero-order chi connectivity index (χ0) is 17.7. The Morgan fingerprint density at radius 1 is 1.38 bits per heavy atom. The van der Waals surface area contributed by atoms with Crippen LogP contribution < -0.4 is 10.1 Å². The average Bonchev–Trinajstić information content (AvgIpc) is 2.53. The van der Waals surface area contributed by atoms with Crippen LogP contribution in [0.5, 0.6) is 5.75 Å². The first-order valence-corrected chi connectivity index (χ1v) is 6.84. The number of nitrogens with one attached hydrogen (secondary N) is 1. The minimum absolute atomic E-state index is 0.164. The van der Waals surface area contributed by atoms with E-state index in [1.54, 1.807) is 0 Å². The fourth-order valence-electron chi connectivity index (χ4n) is 1.78. The molecular formula is C15H9ClFN3O4. The average molecular weight is 350 g/mol. The number of nitro groups is 1. The summed E-state index contributed by atoms with van der Waals surface area (Å²) in [5, 5.41) is 22.2. The number of amides is 1. The van der Waals surface area contributed by atoms with E-state index in [0.29, 0.717) is 5.69 Å². The maximum atomic E-state index is 13.2. The van der Waals surface area contributed by atoms with E-state index in [4.69, 9.17) is 21.6 Å². The second kappa shape index (κ2) is 7.39. The van der Waals surface area contributed by atoms with Crippen LogP contribution >= 0.6 is 11.6 Å². The van der Waals surface area contributed by atoms with Crippen LogP contribution in [-0.4, -0.2) is 17.4 Å². The predicted molar refractivity (Wildman–Crippen MR) is 83.3 cm³/mol. The van der Waals surface area contributed by atoms with Gasteiger partial charge in [0.2, 0.25) is 5.75 Å². The first-order chi connectivity index (χ1) is 11.4. The normalized spacial score (nSPS) is 9.88. The van der Waals surface area contributed by atoms with Gasteiger partial charge in [-0.25, -0.2) is 4.39 Å². The lowest BCUT2D eigenvalue weighted by molar-refractivity contribution is -0.385. The largest absolute Gasteiger partial charge is 0.477 e. The quantitative estimate of drug-likeness (QED) is 0.658. The van der Waals surface area contributed by atoms with Gasteiger partial charge in [0.1, 0.15) is 11.9 Å². The van der Waals surface area contributed by atoms with Gasteiger partial charge in [-0.05, 0) is 24.3 Å². The van der Waals surface area contributed by atoms with Crippen molar-refractivity contribution >= 4 is 28.9 Å². The SMILES string of the molecule is N#Cc1ccc(NC(=O)COc2cc(F)ccc2[N+](=O)[O-])cc1Cl. The van der Waals surface area contributed by atoms with Gasteiger partial charge in [0.25, 0.3) is 5.91 Å². The molecule has 0 spiro atoms. The number of ether oxygens (including phenoxy) is 1. The molecule has 0 saturated carbocycles. The van der Waals surface area contributed by atoms with E-state index in [9.17, 15) is 19.3 Å². The van der Waals surface area contributed by atoms with Gasteiger partial charge in [-0.15, -0.1) is 0 Å². The Morgan fingerprint density at radius 2 is 2.12 bits per heavy atom. The van der Waals surface area contributed by atoms with Gasteiger partial charge in [-0.3, -0.25) is 14.9 Å². The van der Waals surface area contributed by atoms with E-state index in [1.165, 1.54) is 18.2 Å². The summed E-state index contributed by atoms with van der Waals surface area (Å²) >= 11 is 5.84. The second-order valence-corrected chi connectivity index (χ2v) is 4.92. The molecule has 1 amide bonds. The first-order valence-electron chi connectivity index (χ1n) is 6.47. The van der Waals surface area contributed by atoms with Crippen molar-refractivity contribution in [2.75, 3.05) is 11.9 Å². The Labute approximate surface area is 140 Å². The highest BCUT2D eigenvalue weighted by molar-refractivity contribution is 6.32. The van der Waals surface area contributed by atoms with Crippen LogP contribution in [0.25, 0.3) is 0 Å². The van der Waals surface area contributed by atoms with E-state index in [-0.39, 0.29) is 16.3 Å². The highest BCUT2D eigenvalue weighted by Gasteiger charge is 2.17. The summed E-state index contributed by atoms with van der Waals surface area (Å²) in [5.74, 6) is -1.71. The van der Waals surface area contributed by atoms with Crippen molar-refractivity contribution in [1.29, 1.82) is 5.26 Å². The number of nitro benzene ring substituents is 1. The Bertz CT molecular complexity index is 851. The molecule has 0 aliphatic heterocycles. The van der Waals surface area contributed by atoms with Gasteiger partial charge in [-0.1, -0.05) is 11.6 Å². The summed E-state index contributed by atoms with van der Waals surface area (Å²) in [4.78, 5) is 21.9. The number of benzene rings is 2. The van der Waals surface area contributed by atoms with Crippen molar-refractivity contribution in [1.82, 2.24) is 0 Å². The number of hydrogen-bond acceptors (Lipinski definition) is 5. The van der Waals surface area contributed by atoms with Crippen molar-refractivity contribution in [3.05, 3.63) is 62.9 Å². The molecule has 9 heteroatoms. The van der Waals surface area contributed by atoms with Gasteiger partial charge >= 0.3 is 5.69 Å². The Hall–Kier alpha value is -3.18. The highest BCUT2D eigenvalue weighted by Crippen LogP contribution is 2.27. The van der Waals surface area contributed by atoms with Crippen molar-refractivity contribution < 1.29 is 18.8 Å². The van der Waals surface area contributed by atoms with Crippen LogP contribution in [0.3, 0.4) is 0 Å². The van der Waals surface area contributed by atoms with Crippen molar-refractivity contribution in [2.45, 2.75) is 0 Å². The monoisotopic (exact) mass is 349 g/mol. The fourth-order valence-corrected chi connectivity index (χ4v) is 2.00. The van der Waals surface area contributed by atoms with Crippen LogP contribution in [0.15, 0.2) is 36.4 Å². The number of hydrogen-bond donors (Lipinski definition) is 1. The first kappa shape index (κ1) is 17.2. The molecule has 0 aliphatic carbocycles. The molecule has 2 rings (SSSR count). The zero-order valence-corrected chi connectivity index (χ0v) is 12.7. The maximum Gasteiger partial charge on any atom is 0.311 e. The molecule has 0 radical (unpaired) electrons. The van der Waals surface area contributed by atoms with Crippen molar-refractivity contribution in [3.63, 3.8) is 0 Å². The molecule has 0 aliphatic rings. The lowest BCUT2D eigenvalue weighted by Gasteiger charge is -2.08. The van der Waals surface area contributed by atoms with E-state index < -0.39 is 28.9 Å². The molecule has 0 fully saturated rings. The molecular weight excluding hydrogens is 341 g/mol. The van der Waals surface area contributed by atoms with Crippen LogP contribution in [0.2, 0.25) is 5.02 Å². The van der Waals surface area contributed by atoms with E-state index in [0.717, 1.165) is 18.2 Å². The fraction of sp³-hybridized carbons (Fsp3) is 0.0667. The summed E-state index contributed by atoms with van der Waals surface area (Å²) in [5.41, 5.74) is 0.119. The molecule has 0 aromatic heterocycles. The van der Waals surface area contributed by atoms with Crippen LogP contribution in [0.4, 0.5) is 15.8 Å². The van der Waals surface area contributed by atoms with Gasteiger partial charge in [0, 0.05) is 17.8 Å². The van der Waals surface area contributed by atoms with Gasteiger partial charge < -0.3 is 10.1 Å². The third-order valence-electron chi connectivity index (χ3n) is 2.85. The summed E-state index contributed by atoms with van der Waals surface area (Å²) in [7, 11) is 0. The topological polar surface area (TPSA) is 105 Å². The van der Waals surface area contributed by atoms with E-state index >= 15 is 0 Å². The number of carbonyl (C=O) groups excluding carboxylic acids is 1. The molecule has 1 N–H and O–H groups in total. The van der Waals surface area contributed by atoms with Gasteiger partial charge in [-0.2, -0.15) is 5.26 Å². The Morgan fingerprint density at radius 3 is 2.75 bits per heavy atom. The molecule has 0 unspecified atom stereocenters. The summed E-state index contributed by atoms with van der Waals surface area (Å²) in [6, 6.07) is 8.84. The Balaban J connectivity index is 2.04. The molecule has 0 bridgehead atoms. The van der Waals surface area contributed by atoms with Crippen molar-refractivity contribution in [2.24, 2.45) is 0 Å². The smallest absolute Gasteiger partial charge is 0.311 e. The predicted octanol–water partition coefficient (Wildman–Crippen LogP) is 3.28. The van der Waals surface area contributed by atoms with Gasteiger partial charge in [0.15, 0.2) is 6.61 Å². The number of halogens is 2. The Kier molecular flexibility index (Phi) is 5.29. The van der Waals surface area contributed by atoms with Crippen LogP contribution in [-0.2, 0) is 4.79 Å². The molecule has 24 heavy (non-hydrogen) atoms. The summed E-state index contributed by atoms with van der Waals surface area (Å²) in [6.07, 6.45) is 0.